The van der Waals surface area contributed by atoms with Crippen LogP contribution in [0.15, 0.2) is 0 Å². The van der Waals surface area contributed by atoms with Crippen molar-refractivity contribution in [2.75, 3.05) is 6.61 Å². The van der Waals surface area contributed by atoms with Gasteiger partial charge in [-0.05, 0) is 0 Å². The minimum absolute atomic E-state index is 1.58. The second-order valence-electron chi connectivity index (χ2n) is 1.07. The first-order valence-corrected chi connectivity index (χ1v) is 3.60. The zero-order chi connectivity index (χ0) is 7.49. The molecule has 0 aromatic rings. The van der Waals surface area contributed by atoms with Crippen molar-refractivity contribution in [2.24, 2.45) is 0 Å². The molecule has 0 bridgehead atoms. The Kier molecular flexibility index (Phi) is 3.45. The van der Waals surface area contributed by atoms with Crippen LogP contribution in [0, 0.1) is 0 Å². The molecule has 0 spiro atoms. The van der Waals surface area contributed by atoms with Crippen LogP contribution in [0.5, 0.6) is 0 Å². The normalized spacial score (nSPS) is 15.6. The summed E-state index contributed by atoms with van der Waals surface area (Å²) in [5.74, 6) is 0. The molecule has 0 aromatic heterocycles. The van der Waals surface area contributed by atoms with Crippen LogP contribution in [0.25, 0.3) is 0 Å². The topological polar surface area (TPSA) is 26.3 Å². The van der Waals surface area contributed by atoms with Crippen molar-refractivity contribution in [3.63, 3.8) is 0 Å². The largest absolute Gasteiger partial charge is 0.413 e. The molecule has 0 saturated carbocycles. The van der Waals surface area contributed by atoms with Gasteiger partial charge in [0.05, 0.1) is 0 Å². The first-order valence-electron chi connectivity index (χ1n) is 1.70. The fourth-order valence-corrected chi connectivity index (χ4v) is 0.473. The van der Waals surface area contributed by atoms with Gasteiger partial charge in [-0.2, -0.15) is 13.2 Å². The highest BCUT2D eigenvalue weighted by Crippen LogP contribution is 2.15. The van der Waals surface area contributed by atoms with Crippen molar-refractivity contribution >= 4 is 21.0 Å². The van der Waals surface area contributed by atoms with Gasteiger partial charge in [0.2, 0.25) is 0 Å². The molecule has 9 heavy (non-hydrogen) atoms. The third-order valence-corrected chi connectivity index (χ3v) is 0.886. The summed E-state index contributed by atoms with van der Waals surface area (Å²) in [5, 5.41) is 0. The third-order valence-electron chi connectivity index (χ3n) is 0.315. The molecule has 2 nitrogen and oxygen atoms in total. The van der Waals surface area contributed by atoms with Crippen LogP contribution in [-0.4, -0.2) is 17.0 Å². The van der Waals surface area contributed by atoms with E-state index in [1.807, 2.05) is 0 Å². The van der Waals surface area contributed by atoms with Crippen LogP contribution in [0.4, 0.5) is 13.2 Å². The van der Waals surface area contributed by atoms with Crippen LogP contribution in [0.2, 0.25) is 0 Å². The molecule has 1 unspecified atom stereocenters. The number of halogens is 4. The minimum Gasteiger partial charge on any atom is -0.269 e. The van der Waals surface area contributed by atoms with E-state index in [0.29, 0.717) is 0 Å². The summed E-state index contributed by atoms with van der Waals surface area (Å²) in [5.41, 5.74) is 0. The zero-order valence-electron chi connectivity index (χ0n) is 3.94. The van der Waals surface area contributed by atoms with Gasteiger partial charge >= 0.3 is 6.18 Å². The summed E-state index contributed by atoms with van der Waals surface area (Å²) < 4.78 is 46.5. The van der Waals surface area contributed by atoms with Crippen molar-refractivity contribution in [1.82, 2.24) is 0 Å². The summed E-state index contributed by atoms with van der Waals surface area (Å²) in [6.45, 7) is -1.58. The summed E-state index contributed by atoms with van der Waals surface area (Å²) in [6.07, 6.45) is -4.47. The summed E-state index contributed by atoms with van der Waals surface area (Å²) in [4.78, 5) is 0. The Hall–Kier alpha value is 0.190. The maximum absolute atomic E-state index is 11.1. The van der Waals surface area contributed by atoms with Crippen LogP contribution in [0.1, 0.15) is 0 Å². The van der Waals surface area contributed by atoms with Crippen LogP contribution in [-0.2, 0) is 14.5 Å². The van der Waals surface area contributed by atoms with Gasteiger partial charge in [-0.3, -0.25) is 4.18 Å². The molecule has 0 aliphatic carbocycles. The standard InChI is InChI=1S/C2H2ClF3O2S/c3-9(7)8-1-2(4,5)6/h1H2. The number of hydrogen-bond donors (Lipinski definition) is 0. The first-order chi connectivity index (χ1) is 3.92. The highest BCUT2D eigenvalue weighted by atomic mass is 35.7. The Morgan fingerprint density at radius 2 is 2.00 bits per heavy atom. The Labute approximate surface area is 56.1 Å². The highest BCUT2D eigenvalue weighted by Gasteiger charge is 2.28. The molecule has 7 heteroatoms. The molecule has 0 rings (SSSR count). The van der Waals surface area contributed by atoms with Gasteiger partial charge < -0.3 is 0 Å². The van der Waals surface area contributed by atoms with Gasteiger partial charge in [-0.1, -0.05) is 0 Å². The van der Waals surface area contributed by atoms with Crippen LogP contribution >= 0.6 is 10.7 Å². The SMILES string of the molecule is O=S(Cl)OCC(F)(F)F. The van der Waals surface area contributed by atoms with E-state index >= 15 is 0 Å². The molecule has 0 amide bonds. The summed E-state index contributed by atoms with van der Waals surface area (Å²) >= 11 is 0. The average Bonchev–Trinajstić information content (AvgIpc) is 1.59. The minimum atomic E-state index is -4.47. The number of hydrogen-bond acceptors (Lipinski definition) is 2. The van der Waals surface area contributed by atoms with E-state index in [0.717, 1.165) is 0 Å². The maximum Gasteiger partial charge on any atom is 0.413 e. The fourth-order valence-electron chi connectivity index (χ4n) is 0.113. The zero-order valence-corrected chi connectivity index (χ0v) is 5.52. The van der Waals surface area contributed by atoms with Gasteiger partial charge in [0, 0.05) is 10.7 Å². The van der Waals surface area contributed by atoms with Crippen molar-refractivity contribution in [3.05, 3.63) is 0 Å². The summed E-state index contributed by atoms with van der Waals surface area (Å²) in [7, 11) is 2.17. The van der Waals surface area contributed by atoms with Gasteiger partial charge in [-0.15, -0.1) is 0 Å². The van der Waals surface area contributed by atoms with E-state index in [2.05, 4.69) is 14.9 Å². The molecule has 1 atom stereocenters. The third kappa shape index (κ3) is 8.19. The molecule has 0 radical (unpaired) electrons. The van der Waals surface area contributed by atoms with E-state index in [-0.39, 0.29) is 0 Å². The van der Waals surface area contributed by atoms with Crippen molar-refractivity contribution in [3.8, 4) is 0 Å². The lowest BCUT2D eigenvalue weighted by atomic mass is 10.7. The summed E-state index contributed by atoms with van der Waals surface area (Å²) in [6, 6.07) is 0. The number of alkyl halides is 3. The molecular weight excluding hydrogens is 181 g/mol. The molecule has 0 aromatic carbocycles. The van der Waals surface area contributed by atoms with Crippen molar-refractivity contribution < 1.29 is 21.6 Å². The Morgan fingerprint density at radius 3 is 2.11 bits per heavy atom. The van der Waals surface area contributed by atoms with E-state index in [1.165, 1.54) is 0 Å². The van der Waals surface area contributed by atoms with E-state index < -0.39 is 23.1 Å². The lowest BCUT2D eigenvalue weighted by Gasteiger charge is -2.01. The number of rotatable bonds is 2. The molecular formula is C2H2ClF3O2S. The maximum atomic E-state index is 11.1. The van der Waals surface area contributed by atoms with Crippen LogP contribution in [0.3, 0.4) is 0 Å². The lowest BCUT2D eigenvalue weighted by Crippen LogP contribution is -2.16. The average molecular weight is 183 g/mol. The highest BCUT2D eigenvalue weighted by molar-refractivity contribution is 8.04. The molecule has 0 fully saturated rings. The fraction of sp³-hybridized carbons (Fsp3) is 1.00. The van der Waals surface area contributed by atoms with E-state index in [1.54, 1.807) is 0 Å². The Bertz CT molecular complexity index is 113. The van der Waals surface area contributed by atoms with E-state index in [4.69, 9.17) is 0 Å². The van der Waals surface area contributed by atoms with Gasteiger partial charge in [0.25, 0.3) is 10.3 Å². The molecule has 0 saturated heterocycles. The second-order valence-corrected chi connectivity index (χ2v) is 2.45. The molecule has 0 aliphatic rings. The van der Waals surface area contributed by atoms with E-state index in [9.17, 15) is 17.4 Å². The Morgan fingerprint density at radius 1 is 1.56 bits per heavy atom. The monoisotopic (exact) mass is 182 g/mol. The smallest absolute Gasteiger partial charge is 0.269 e. The van der Waals surface area contributed by atoms with Crippen molar-refractivity contribution in [1.29, 1.82) is 0 Å². The quantitative estimate of drug-likeness (QED) is 0.603. The molecule has 0 N–H and O–H groups in total. The molecule has 56 valence electrons. The second kappa shape index (κ2) is 3.38. The first kappa shape index (κ1) is 9.19. The van der Waals surface area contributed by atoms with Gasteiger partial charge in [-0.25, -0.2) is 4.21 Å². The van der Waals surface area contributed by atoms with Gasteiger partial charge in [0.1, 0.15) is 0 Å². The van der Waals surface area contributed by atoms with Gasteiger partial charge in [0.15, 0.2) is 6.61 Å². The molecule has 0 heterocycles. The van der Waals surface area contributed by atoms with Crippen LogP contribution < -0.4 is 0 Å². The lowest BCUT2D eigenvalue weighted by molar-refractivity contribution is -0.151. The predicted molar refractivity (Wildman–Crippen MR) is 26.0 cm³/mol. The van der Waals surface area contributed by atoms with Crippen molar-refractivity contribution in [2.45, 2.75) is 6.18 Å². The predicted octanol–water partition coefficient (Wildman–Crippen LogP) is 1.38. The Balaban J connectivity index is 3.39. The molecule has 0 aliphatic heterocycles.